The second-order valence-electron chi connectivity index (χ2n) is 6.43. The SMILES string of the molecule is COc1ccc(C(=O)N2CCOC(C(=O)O)C2)cc1S(=O)(=O)N1CCCC1. The predicted octanol–water partition coefficient (Wildman–Crippen LogP) is 0.405. The van der Waals surface area contributed by atoms with Crippen molar-refractivity contribution in [2.24, 2.45) is 0 Å². The number of nitrogens with zero attached hydrogens (tertiary/aromatic N) is 2. The molecular formula is C17H22N2O7S. The second-order valence-corrected chi connectivity index (χ2v) is 8.33. The molecule has 27 heavy (non-hydrogen) atoms. The van der Waals surface area contributed by atoms with Crippen LogP contribution < -0.4 is 4.74 Å². The summed E-state index contributed by atoms with van der Waals surface area (Å²) < 4.78 is 37.6. The summed E-state index contributed by atoms with van der Waals surface area (Å²) in [6.07, 6.45) is 0.503. The number of carbonyl (C=O) groups excluding carboxylic acids is 1. The number of rotatable bonds is 5. The number of hydrogen-bond donors (Lipinski definition) is 1. The number of hydrogen-bond acceptors (Lipinski definition) is 6. The van der Waals surface area contributed by atoms with Gasteiger partial charge < -0.3 is 19.5 Å². The van der Waals surface area contributed by atoms with Crippen molar-refractivity contribution in [2.75, 3.05) is 39.9 Å². The summed E-state index contributed by atoms with van der Waals surface area (Å²) in [5.74, 6) is -1.41. The molecule has 0 aromatic heterocycles. The van der Waals surface area contributed by atoms with Gasteiger partial charge in [0.1, 0.15) is 10.6 Å². The lowest BCUT2D eigenvalue weighted by Gasteiger charge is -2.31. The van der Waals surface area contributed by atoms with Crippen LogP contribution in [0.25, 0.3) is 0 Å². The van der Waals surface area contributed by atoms with Crippen molar-refractivity contribution in [1.82, 2.24) is 9.21 Å². The maximum Gasteiger partial charge on any atom is 0.334 e. The number of morpholine rings is 1. The average molecular weight is 398 g/mol. The lowest BCUT2D eigenvalue weighted by atomic mass is 10.1. The van der Waals surface area contributed by atoms with Gasteiger partial charge in [-0.1, -0.05) is 0 Å². The summed E-state index contributed by atoms with van der Waals surface area (Å²) in [4.78, 5) is 25.2. The Kier molecular flexibility index (Phi) is 5.68. The molecule has 0 aliphatic carbocycles. The van der Waals surface area contributed by atoms with E-state index < -0.39 is 28.0 Å². The summed E-state index contributed by atoms with van der Waals surface area (Å²) >= 11 is 0. The molecule has 2 aliphatic rings. The van der Waals surface area contributed by atoms with Gasteiger partial charge in [0.2, 0.25) is 10.0 Å². The van der Waals surface area contributed by atoms with Crippen LogP contribution in [0.1, 0.15) is 23.2 Å². The summed E-state index contributed by atoms with van der Waals surface area (Å²) in [6.45, 7) is 1.13. The van der Waals surface area contributed by atoms with Gasteiger partial charge in [0.05, 0.1) is 20.3 Å². The highest BCUT2D eigenvalue weighted by molar-refractivity contribution is 7.89. The molecule has 1 aromatic rings. The molecule has 2 saturated heterocycles. The van der Waals surface area contributed by atoms with E-state index in [2.05, 4.69) is 0 Å². The Balaban J connectivity index is 1.90. The highest BCUT2D eigenvalue weighted by atomic mass is 32.2. The minimum Gasteiger partial charge on any atom is -0.495 e. The maximum absolute atomic E-state index is 12.9. The standard InChI is InChI=1S/C17H22N2O7S/c1-25-13-5-4-12(10-15(13)27(23,24)19-6-2-3-7-19)16(20)18-8-9-26-14(11-18)17(21)22/h4-5,10,14H,2-3,6-9,11H2,1H3,(H,21,22). The molecular weight excluding hydrogens is 376 g/mol. The molecule has 0 bridgehead atoms. The highest BCUT2D eigenvalue weighted by Crippen LogP contribution is 2.30. The first-order chi connectivity index (χ1) is 12.8. The van der Waals surface area contributed by atoms with Crippen LogP contribution in [0.3, 0.4) is 0 Å². The number of amides is 1. The normalized spacial score (nSPS) is 21.2. The summed E-state index contributed by atoms with van der Waals surface area (Å²) in [7, 11) is -2.40. The van der Waals surface area contributed by atoms with E-state index in [1.807, 2.05) is 0 Å². The third-order valence-electron chi connectivity index (χ3n) is 4.72. The molecule has 148 valence electrons. The van der Waals surface area contributed by atoms with Gasteiger partial charge in [-0.3, -0.25) is 4.79 Å². The quantitative estimate of drug-likeness (QED) is 0.764. The third-order valence-corrected chi connectivity index (χ3v) is 6.64. The van der Waals surface area contributed by atoms with Gasteiger partial charge in [0, 0.05) is 25.2 Å². The fraction of sp³-hybridized carbons (Fsp3) is 0.529. The molecule has 2 fully saturated rings. The third kappa shape index (κ3) is 3.92. The van der Waals surface area contributed by atoms with Gasteiger partial charge in [-0.15, -0.1) is 0 Å². The first-order valence-electron chi connectivity index (χ1n) is 8.66. The van der Waals surface area contributed by atoms with Crippen molar-refractivity contribution in [3.63, 3.8) is 0 Å². The van der Waals surface area contributed by atoms with Crippen molar-refractivity contribution in [3.8, 4) is 5.75 Å². The van der Waals surface area contributed by atoms with Crippen LogP contribution in [-0.4, -0.2) is 80.6 Å². The van der Waals surface area contributed by atoms with Gasteiger partial charge in [-0.25, -0.2) is 13.2 Å². The molecule has 2 heterocycles. The van der Waals surface area contributed by atoms with Crippen molar-refractivity contribution >= 4 is 21.9 Å². The molecule has 9 nitrogen and oxygen atoms in total. The smallest absolute Gasteiger partial charge is 0.334 e. The zero-order chi connectivity index (χ0) is 19.6. The molecule has 1 unspecified atom stereocenters. The number of benzene rings is 1. The van der Waals surface area contributed by atoms with E-state index in [9.17, 15) is 18.0 Å². The van der Waals surface area contributed by atoms with E-state index in [1.54, 1.807) is 0 Å². The van der Waals surface area contributed by atoms with Crippen LogP contribution in [0.15, 0.2) is 23.1 Å². The zero-order valence-corrected chi connectivity index (χ0v) is 15.8. The number of carboxylic acids is 1. The second kappa shape index (κ2) is 7.83. The van der Waals surface area contributed by atoms with E-state index in [0.717, 1.165) is 12.8 Å². The Labute approximate surface area is 157 Å². The van der Waals surface area contributed by atoms with Crippen molar-refractivity contribution in [2.45, 2.75) is 23.8 Å². The number of carboxylic acid groups (broad SMARTS) is 1. The van der Waals surface area contributed by atoms with Crippen molar-refractivity contribution in [1.29, 1.82) is 0 Å². The van der Waals surface area contributed by atoms with Crippen LogP contribution >= 0.6 is 0 Å². The summed E-state index contributed by atoms with van der Waals surface area (Å²) in [6, 6.07) is 4.24. The van der Waals surface area contributed by atoms with Crippen molar-refractivity contribution in [3.05, 3.63) is 23.8 Å². The van der Waals surface area contributed by atoms with E-state index >= 15 is 0 Å². The number of sulfonamides is 1. The van der Waals surface area contributed by atoms with E-state index in [1.165, 1.54) is 34.5 Å². The van der Waals surface area contributed by atoms with Crippen molar-refractivity contribution < 1.29 is 32.6 Å². The first kappa shape index (κ1) is 19.6. The molecule has 0 saturated carbocycles. The monoisotopic (exact) mass is 398 g/mol. The lowest BCUT2D eigenvalue weighted by molar-refractivity contribution is -0.154. The number of carbonyl (C=O) groups is 2. The van der Waals surface area contributed by atoms with E-state index in [-0.39, 0.29) is 35.9 Å². The van der Waals surface area contributed by atoms with Crippen LogP contribution in [0.4, 0.5) is 0 Å². The van der Waals surface area contributed by atoms with E-state index in [4.69, 9.17) is 14.6 Å². The Morgan fingerprint density at radius 1 is 1.22 bits per heavy atom. The maximum atomic E-state index is 12.9. The predicted molar refractivity (Wildman–Crippen MR) is 94.3 cm³/mol. The van der Waals surface area contributed by atoms with Gasteiger partial charge in [-0.05, 0) is 31.0 Å². The molecule has 0 spiro atoms. The fourth-order valence-corrected chi connectivity index (χ4v) is 4.94. The minimum atomic E-state index is -3.77. The number of methoxy groups -OCH3 is 1. The summed E-state index contributed by atoms with van der Waals surface area (Å²) in [5, 5.41) is 9.08. The number of aliphatic carboxylic acids is 1. The molecule has 1 aromatic carbocycles. The molecule has 1 N–H and O–H groups in total. The largest absolute Gasteiger partial charge is 0.495 e. The van der Waals surface area contributed by atoms with Gasteiger partial charge in [0.25, 0.3) is 5.91 Å². The van der Waals surface area contributed by atoms with E-state index in [0.29, 0.717) is 13.1 Å². The molecule has 1 amide bonds. The Morgan fingerprint density at radius 3 is 2.56 bits per heavy atom. The first-order valence-corrected chi connectivity index (χ1v) is 10.1. The van der Waals surface area contributed by atoms with Crippen LogP contribution in [0.2, 0.25) is 0 Å². The minimum absolute atomic E-state index is 0.0548. The Bertz CT molecular complexity index is 834. The Morgan fingerprint density at radius 2 is 1.93 bits per heavy atom. The van der Waals surface area contributed by atoms with Gasteiger partial charge in [0.15, 0.2) is 6.10 Å². The molecule has 10 heteroatoms. The fourth-order valence-electron chi connectivity index (χ4n) is 3.24. The molecule has 2 aliphatic heterocycles. The molecule has 1 atom stereocenters. The highest BCUT2D eigenvalue weighted by Gasteiger charge is 2.33. The molecule has 0 radical (unpaired) electrons. The van der Waals surface area contributed by atoms with Gasteiger partial charge in [-0.2, -0.15) is 4.31 Å². The van der Waals surface area contributed by atoms with Gasteiger partial charge >= 0.3 is 5.97 Å². The average Bonchev–Trinajstić information content (AvgIpc) is 3.22. The van der Waals surface area contributed by atoms with Crippen LogP contribution in [-0.2, 0) is 19.6 Å². The number of ether oxygens (including phenoxy) is 2. The molecule has 3 rings (SSSR count). The topological polar surface area (TPSA) is 113 Å². The lowest BCUT2D eigenvalue weighted by Crippen LogP contribution is -2.48. The van der Waals surface area contributed by atoms with Crippen LogP contribution in [0, 0.1) is 0 Å². The zero-order valence-electron chi connectivity index (χ0n) is 15.0. The summed E-state index contributed by atoms with van der Waals surface area (Å²) in [5.41, 5.74) is 0.166. The van der Waals surface area contributed by atoms with Crippen LogP contribution in [0.5, 0.6) is 5.75 Å². The Hall–Kier alpha value is -2.17.